The third kappa shape index (κ3) is 4.20. The Bertz CT molecular complexity index is 857. The number of rotatable bonds is 7. The van der Waals surface area contributed by atoms with Gasteiger partial charge in [0.15, 0.2) is 5.69 Å². The number of amides is 1. The third-order valence-corrected chi connectivity index (χ3v) is 3.11. The Morgan fingerprint density at radius 3 is 2.31 bits per heavy atom. The van der Waals surface area contributed by atoms with E-state index in [1.807, 2.05) is 0 Å². The maximum atomic E-state index is 12.0. The fourth-order valence-electron chi connectivity index (χ4n) is 2.02. The van der Waals surface area contributed by atoms with Gasteiger partial charge < -0.3 is 20.3 Å². The molecule has 0 aliphatic rings. The first-order valence-electron chi connectivity index (χ1n) is 7.30. The highest BCUT2D eigenvalue weighted by atomic mass is 16.5. The number of carboxylic acid groups (broad SMARTS) is 2. The fraction of sp³-hybridized carbons (Fsp3) is 0.200. The Morgan fingerprint density at radius 1 is 1.12 bits per heavy atom. The number of carbonyl (C=O) groups excluding carboxylic acids is 2. The SMILES string of the molecule is CCOC(=O)c1ccc(NC(=O)Cn2nnc(C(=O)O)c2C(=O)O)cc1. The van der Waals surface area contributed by atoms with E-state index in [1.54, 1.807) is 6.92 Å². The first-order chi connectivity index (χ1) is 12.3. The lowest BCUT2D eigenvalue weighted by atomic mass is 10.2. The van der Waals surface area contributed by atoms with Gasteiger partial charge in [0, 0.05) is 5.69 Å². The summed E-state index contributed by atoms with van der Waals surface area (Å²) in [6.45, 7) is 1.36. The number of ether oxygens (including phenoxy) is 1. The zero-order valence-electron chi connectivity index (χ0n) is 13.5. The molecule has 0 unspecified atom stereocenters. The van der Waals surface area contributed by atoms with Gasteiger partial charge in [-0.05, 0) is 31.2 Å². The van der Waals surface area contributed by atoms with Gasteiger partial charge >= 0.3 is 17.9 Å². The van der Waals surface area contributed by atoms with Crippen molar-refractivity contribution in [3.8, 4) is 0 Å². The summed E-state index contributed by atoms with van der Waals surface area (Å²) < 4.78 is 5.51. The number of anilines is 1. The molecule has 1 aromatic carbocycles. The molecule has 0 saturated carbocycles. The maximum absolute atomic E-state index is 12.0. The van der Waals surface area contributed by atoms with E-state index in [-0.39, 0.29) is 6.61 Å². The van der Waals surface area contributed by atoms with E-state index in [2.05, 4.69) is 15.6 Å². The van der Waals surface area contributed by atoms with Crippen LogP contribution in [-0.2, 0) is 16.1 Å². The highest BCUT2D eigenvalue weighted by Gasteiger charge is 2.25. The Kier molecular flexibility index (Phi) is 5.63. The Hall–Kier alpha value is -3.76. The average Bonchev–Trinajstić information content (AvgIpc) is 2.99. The molecule has 0 fully saturated rings. The molecule has 0 aliphatic carbocycles. The monoisotopic (exact) mass is 362 g/mol. The van der Waals surface area contributed by atoms with Crippen LogP contribution in [0.15, 0.2) is 24.3 Å². The summed E-state index contributed by atoms with van der Waals surface area (Å²) in [4.78, 5) is 45.7. The summed E-state index contributed by atoms with van der Waals surface area (Å²) in [6, 6.07) is 5.83. The van der Waals surface area contributed by atoms with Crippen molar-refractivity contribution in [2.24, 2.45) is 0 Å². The van der Waals surface area contributed by atoms with E-state index in [9.17, 15) is 19.2 Å². The maximum Gasteiger partial charge on any atom is 0.359 e. The number of benzene rings is 1. The molecule has 1 aromatic heterocycles. The Labute approximate surface area is 146 Å². The zero-order chi connectivity index (χ0) is 19.3. The van der Waals surface area contributed by atoms with Crippen LogP contribution in [0, 0.1) is 0 Å². The van der Waals surface area contributed by atoms with Crippen molar-refractivity contribution >= 4 is 29.5 Å². The van der Waals surface area contributed by atoms with Gasteiger partial charge in [-0.25, -0.2) is 19.1 Å². The first kappa shape index (κ1) is 18.6. The van der Waals surface area contributed by atoms with Crippen molar-refractivity contribution < 1.29 is 34.1 Å². The summed E-state index contributed by atoms with van der Waals surface area (Å²) in [7, 11) is 0. The number of aromatic carboxylic acids is 2. The molecular formula is C15H14N4O7. The highest BCUT2D eigenvalue weighted by molar-refractivity contribution is 5.99. The van der Waals surface area contributed by atoms with Gasteiger partial charge in [0.1, 0.15) is 6.54 Å². The van der Waals surface area contributed by atoms with Crippen LogP contribution in [0.5, 0.6) is 0 Å². The van der Waals surface area contributed by atoms with Gasteiger partial charge in [-0.2, -0.15) is 0 Å². The second kappa shape index (κ2) is 7.88. The topological polar surface area (TPSA) is 161 Å². The summed E-state index contributed by atoms with van der Waals surface area (Å²) in [5, 5.41) is 27.1. The normalized spacial score (nSPS) is 10.2. The van der Waals surface area contributed by atoms with Gasteiger partial charge in [0.2, 0.25) is 11.6 Å². The van der Waals surface area contributed by atoms with Crippen LogP contribution in [0.3, 0.4) is 0 Å². The number of hydrogen-bond donors (Lipinski definition) is 3. The molecule has 0 spiro atoms. The molecule has 1 heterocycles. The molecule has 11 nitrogen and oxygen atoms in total. The fourth-order valence-corrected chi connectivity index (χ4v) is 2.02. The average molecular weight is 362 g/mol. The second-order valence-electron chi connectivity index (χ2n) is 4.90. The minimum absolute atomic E-state index is 0.236. The van der Waals surface area contributed by atoms with Crippen LogP contribution >= 0.6 is 0 Å². The van der Waals surface area contributed by atoms with Crippen molar-refractivity contribution in [2.75, 3.05) is 11.9 Å². The van der Waals surface area contributed by atoms with Crippen LogP contribution in [0.4, 0.5) is 5.69 Å². The third-order valence-electron chi connectivity index (χ3n) is 3.11. The minimum atomic E-state index is -1.57. The molecule has 0 radical (unpaired) electrons. The Balaban J connectivity index is 2.09. The van der Waals surface area contributed by atoms with Gasteiger partial charge in [-0.15, -0.1) is 5.10 Å². The second-order valence-corrected chi connectivity index (χ2v) is 4.90. The summed E-state index contributed by atoms with van der Waals surface area (Å²) >= 11 is 0. The molecular weight excluding hydrogens is 348 g/mol. The van der Waals surface area contributed by atoms with E-state index in [0.29, 0.717) is 15.9 Å². The lowest BCUT2D eigenvalue weighted by Crippen LogP contribution is -2.23. The van der Waals surface area contributed by atoms with Crippen LogP contribution in [0.25, 0.3) is 0 Å². The van der Waals surface area contributed by atoms with Crippen molar-refractivity contribution in [3.05, 3.63) is 41.2 Å². The van der Waals surface area contributed by atoms with Crippen LogP contribution in [-0.4, -0.2) is 55.6 Å². The minimum Gasteiger partial charge on any atom is -0.476 e. The molecule has 11 heteroatoms. The largest absolute Gasteiger partial charge is 0.476 e. The molecule has 0 bridgehead atoms. The predicted octanol–water partition coefficient (Wildman–Crippen LogP) is 0.490. The molecule has 0 atom stereocenters. The number of hydrogen-bond acceptors (Lipinski definition) is 7. The molecule has 1 amide bonds. The quantitative estimate of drug-likeness (QED) is 0.595. The molecule has 26 heavy (non-hydrogen) atoms. The summed E-state index contributed by atoms with van der Waals surface area (Å²) in [5.41, 5.74) is -0.812. The van der Waals surface area contributed by atoms with Gasteiger partial charge in [-0.3, -0.25) is 4.79 Å². The van der Waals surface area contributed by atoms with E-state index < -0.39 is 41.7 Å². The van der Waals surface area contributed by atoms with Crippen LogP contribution in [0.2, 0.25) is 0 Å². The van der Waals surface area contributed by atoms with Gasteiger partial charge in [0.05, 0.1) is 12.2 Å². The molecule has 2 aromatic rings. The first-order valence-corrected chi connectivity index (χ1v) is 7.30. The summed E-state index contributed by atoms with van der Waals surface area (Å²) in [5.74, 6) is -4.29. The molecule has 136 valence electrons. The van der Waals surface area contributed by atoms with Crippen molar-refractivity contribution in [2.45, 2.75) is 13.5 Å². The number of carboxylic acids is 2. The van der Waals surface area contributed by atoms with E-state index in [1.165, 1.54) is 24.3 Å². The van der Waals surface area contributed by atoms with Crippen LogP contribution in [0.1, 0.15) is 38.3 Å². The lowest BCUT2D eigenvalue weighted by molar-refractivity contribution is -0.116. The van der Waals surface area contributed by atoms with Crippen molar-refractivity contribution in [1.82, 2.24) is 15.0 Å². The van der Waals surface area contributed by atoms with E-state index in [4.69, 9.17) is 14.9 Å². The Morgan fingerprint density at radius 2 is 1.77 bits per heavy atom. The summed E-state index contributed by atoms with van der Waals surface area (Å²) in [6.07, 6.45) is 0. The van der Waals surface area contributed by atoms with Crippen molar-refractivity contribution in [3.63, 3.8) is 0 Å². The number of aromatic nitrogens is 3. The van der Waals surface area contributed by atoms with Crippen molar-refractivity contribution in [1.29, 1.82) is 0 Å². The lowest BCUT2D eigenvalue weighted by Gasteiger charge is -2.07. The number of nitrogens with zero attached hydrogens (tertiary/aromatic N) is 3. The molecule has 0 saturated heterocycles. The number of nitrogens with one attached hydrogen (secondary N) is 1. The van der Waals surface area contributed by atoms with E-state index >= 15 is 0 Å². The standard InChI is InChI=1S/C15H14N4O7/c1-2-26-15(25)8-3-5-9(6-4-8)16-10(20)7-19-12(14(23)24)11(13(21)22)17-18-19/h3-6H,2,7H2,1H3,(H,16,20)(H,21,22)(H,23,24). The smallest absolute Gasteiger partial charge is 0.359 e. The van der Waals surface area contributed by atoms with E-state index in [0.717, 1.165) is 0 Å². The predicted molar refractivity (Wildman–Crippen MR) is 85.0 cm³/mol. The zero-order valence-corrected chi connectivity index (χ0v) is 13.5. The van der Waals surface area contributed by atoms with Gasteiger partial charge in [0.25, 0.3) is 0 Å². The number of esters is 1. The number of carbonyl (C=O) groups is 4. The highest BCUT2D eigenvalue weighted by Crippen LogP contribution is 2.11. The van der Waals surface area contributed by atoms with Crippen LogP contribution < -0.4 is 5.32 Å². The molecule has 2 rings (SSSR count). The molecule has 0 aliphatic heterocycles. The molecule has 3 N–H and O–H groups in total. The van der Waals surface area contributed by atoms with Gasteiger partial charge in [-0.1, -0.05) is 5.21 Å².